The van der Waals surface area contributed by atoms with Gasteiger partial charge in [-0.25, -0.2) is 4.99 Å². The minimum absolute atomic E-state index is 0. The van der Waals surface area contributed by atoms with Crippen LogP contribution in [0.4, 0.5) is 0 Å². The van der Waals surface area contributed by atoms with Gasteiger partial charge < -0.3 is 25.0 Å². The van der Waals surface area contributed by atoms with Crippen LogP contribution in [0.15, 0.2) is 29.3 Å². The first kappa shape index (κ1) is 23.5. The molecule has 1 fully saturated rings. The fourth-order valence-corrected chi connectivity index (χ4v) is 2.42. The maximum absolute atomic E-state index is 11.8. The van der Waals surface area contributed by atoms with E-state index in [4.69, 9.17) is 9.47 Å². The fourth-order valence-electron chi connectivity index (χ4n) is 2.42. The molecule has 2 N–H and O–H groups in total. The largest absolute Gasteiger partial charge is 0.492 e. The molecule has 1 aliphatic rings. The van der Waals surface area contributed by atoms with Gasteiger partial charge >= 0.3 is 0 Å². The fraction of sp³-hybridized carbons (Fsp3) is 0.579. The molecule has 1 aromatic rings. The van der Waals surface area contributed by atoms with Crippen LogP contribution in [0.25, 0.3) is 0 Å². The number of carbonyl (C=O) groups is 1. The molecule has 152 valence electrons. The van der Waals surface area contributed by atoms with E-state index in [1.54, 1.807) is 14.1 Å². The molecule has 1 atom stereocenters. The zero-order chi connectivity index (χ0) is 18.8. The smallest absolute Gasteiger partial charge is 0.243 e. The van der Waals surface area contributed by atoms with Crippen molar-refractivity contribution in [3.8, 4) is 5.75 Å². The van der Waals surface area contributed by atoms with Crippen molar-refractivity contribution in [2.45, 2.75) is 13.3 Å². The van der Waals surface area contributed by atoms with E-state index in [0.29, 0.717) is 25.0 Å². The molecule has 0 saturated carbocycles. The summed E-state index contributed by atoms with van der Waals surface area (Å²) in [5.41, 5.74) is 1.20. The first-order valence-electron chi connectivity index (χ1n) is 9.04. The van der Waals surface area contributed by atoms with E-state index in [9.17, 15) is 4.79 Å². The molecule has 0 aromatic heterocycles. The second kappa shape index (κ2) is 12.8. The molecule has 1 amide bonds. The Morgan fingerprint density at radius 1 is 1.30 bits per heavy atom. The minimum Gasteiger partial charge on any atom is -0.492 e. The third-order valence-electron chi connectivity index (χ3n) is 4.14. The van der Waals surface area contributed by atoms with Crippen LogP contribution in [0.2, 0.25) is 0 Å². The zero-order valence-corrected chi connectivity index (χ0v) is 18.7. The third kappa shape index (κ3) is 9.28. The number of nitrogens with one attached hydrogen (secondary N) is 2. The van der Waals surface area contributed by atoms with E-state index in [-0.39, 0.29) is 36.4 Å². The van der Waals surface area contributed by atoms with Crippen molar-refractivity contribution in [1.29, 1.82) is 0 Å². The number of guanidine groups is 1. The third-order valence-corrected chi connectivity index (χ3v) is 4.14. The molecule has 0 bridgehead atoms. The van der Waals surface area contributed by atoms with E-state index >= 15 is 0 Å². The number of hydrogen-bond acceptors (Lipinski definition) is 4. The highest BCUT2D eigenvalue weighted by atomic mass is 127. The quantitative estimate of drug-likeness (QED) is 0.251. The Kier molecular flexibility index (Phi) is 11.1. The number of rotatable bonds is 8. The Labute approximate surface area is 178 Å². The second-order valence-corrected chi connectivity index (χ2v) is 6.65. The predicted octanol–water partition coefficient (Wildman–Crippen LogP) is 1.65. The number of aryl methyl sites for hydroxylation is 1. The minimum atomic E-state index is -0.0359. The standard InChI is InChI=1S/C19H30N4O3.HI/c1-15-4-6-17(7-5-15)26-11-9-20-19(22-13-18(24)23(2)3)21-12-16-8-10-25-14-16;/h4-7,16H,8-14H2,1-3H3,(H2,20,21,22);1H. The van der Waals surface area contributed by atoms with Crippen molar-refractivity contribution in [2.75, 3.05) is 53.6 Å². The predicted molar refractivity (Wildman–Crippen MR) is 118 cm³/mol. The van der Waals surface area contributed by atoms with Gasteiger partial charge in [0.2, 0.25) is 5.91 Å². The average Bonchev–Trinajstić information content (AvgIpc) is 3.15. The van der Waals surface area contributed by atoms with E-state index in [0.717, 1.165) is 31.9 Å². The first-order valence-corrected chi connectivity index (χ1v) is 9.04. The van der Waals surface area contributed by atoms with E-state index in [1.165, 1.54) is 10.5 Å². The van der Waals surface area contributed by atoms with Crippen molar-refractivity contribution in [3.63, 3.8) is 0 Å². The molecule has 1 aliphatic heterocycles. The summed E-state index contributed by atoms with van der Waals surface area (Å²) in [4.78, 5) is 17.7. The van der Waals surface area contributed by atoms with Crippen LogP contribution in [0.3, 0.4) is 0 Å². The van der Waals surface area contributed by atoms with Gasteiger partial charge in [0.15, 0.2) is 5.96 Å². The molecule has 1 unspecified atom stereocenters. The highest BCUT2D eigenvalue weighted by Gasteiger charge is 2.16. The summed E-state index contributed by atoms with van der Waals surface area (Å²) < 4.78 is 11.1. The summed E-state index contributed by atoms with van der Waals surface area (Å²) in [7, 11) is 3.45. The summed E-state index contributed by atoms with van der Waals surface area (Å²) in [6, 6.07) is 7.96. The van der Waals surface area contributed by atoms with Crippen molar-refractivity contribution >= 4 is 35.8 Å². The SMILES string of the molecule is Cc1ccc(OCCNC(=NCC(=O)N(C)C)NCC2CCOC2)cc1.I. The molecule has 1 aromatic carbocycles. The van der Waals surface area contributed by atoms with Gasteiger partial charge in [-0.15, -0.1) is 24.0 Å². The maximum atomic E-state index is 11.8. The summed E-state index contributed by atoms with van der Waals surface area (Å²) in [6.45, 7) is 5.63. The molecule has 0 spiro atoms. The Bertz CT molecular complexity index is 587. The molecular formula is C19H31IN4O3. The molecule has 1 heterocycles. The average molecular weight is 490 g/mol. The molecule has 0 aliphatic carbocycles. The zero-order valence-electron chi connectivity index (χ0n) is 16.4. The van der Waals surface area contributed by atoms with Gasteiger partial charge in [0, 0.05) is 33.2 Å². The summed E-state index contributed by atoms with van der Waals surface area (Å²) in [5.74, 6) is 1.91. The summed E-state index contributed by atoms with van der Waals surface area (Å²) in [6.07, 6.45) is 1.05. The number of hydrogen-bond donors (Lipinski definition) is 2. The number of nitrogens with zero attached hydrogens (tertiary/aromatic N) is 2. The van der Waals surface area contributed by atoms with Crippen LogP contribution >= 0.6 is 24.0 Å². The maximum Gasteiger partial charge on any atom is 0.243 e. The number of likely N-dealkylation sites (N-methyl/N-ethyl adjacent to an activating group) is 1. The molecule has 0 radical (unpaired) electrons. The summed E-state index contributed by atoms with van der Waals surface area (Å²) in [5, 5.41) is 6.52. The highest BCUT2D eigenvalue weighted by molar-refractivity contribution is 14.0. The van der Waals surface area contributed by atoms with E-state index < -0.39 is 0 Å². The number of carbonyl (C=O) groups excluding carboxylic acids is 1. The van der Waals surface area contributed by atoms with Crippen molar-refractivity contribution < 1.29 is 14.3 Å². The van der Waals surface area contributed by atoms with Crippen molar-refractivity contribution in [3.05, 3.63) is 29.8 Å². The number of amides is 1. The van der Waals surface area contributed by atoms with Gasteiger partial charge in [0.1, 0.15) is 18.9 Å². The Hall–Kier alpha value is -1.55. The Morgan fingerprint density at radius 2 is 2.04 bits per heavy atom. The molecule has 2 rings (SSSR count). The number of aliphatic imine (C=N–C) groups is 1. The van der Waals surface area contributed by atoms with E-state index in [1.807, 2.05) is 31.2 Å². The normalized spacial score (nSPS) is 16.4. The lowest BCUT2D eigenvalue weighted by atomic mass is 10.1. The van der Waals surface area contributed by atoms with Crippen LogP contribution in [-0.2, 0) is 9.53 Å². The molecule has 1 saturated heterocycles. The Morgan fingerprint density at radius 3 is 2.67 bits per heavy atom. The molecular weight excluding hydrogens is 459 g/mol. The molecule has 8 heteroatoms. The van der Waals surface area contributed by atoms with Crippen molar-refractivity contribution in [2.24, 2.45) is 10.9 Å². The van der Waals surface area contributed by atoms with Gasteiger partial charge in [0.05, 0.1) is 13.2 Å². The topological polar surface area (TPSA) is 75.2 Å². The van der Waals surface area contributed by atoms with E-state index in [2.05, 4.69) is 15.6 Å². The van der Waals surface area contributed by atoms with Crippen molar-refractivity contribution in [1.82, 2.24) is 15.5 Å². The lowest BCUT2D eigenvalue weighted by Crippen LogP contribution is -2.42. The summed E-state index contributed by atoms with van der Waals surface area (Å²) >= 11 is 0. The lowest BCUT2D eigenvalue weighted by molar-refractivity contribution is -0.127. The molecule has 7 nitrogen and oxygen atoms in total. The second-order valence-electron chi connectivity index (χ2n) is 6.65. The van der Waals surface area contributed by atoms with Crippen LogP contribution < -0.4 is 15.4 Å². The monoisotopic (exact) mass is 490 g/mol. The van der Waals surface area contributed by atoms with Gasteiger partial charge in [-0.05, 0) is 25.5 Å². The van der Waals surface area contributed by atoms with Crippen LogP contribution in [0.1, 0.15) is 12.0 Å². The van der Waals surface area contributed by atoms with Crippen LogP contribution in [0, 0.1) is 12.8 Å². The van der Waals surface area contributed by atoms with Gasteiger partial charge in [-0.3, -0.25) is 4.79 Å². The molecule has 27 heavy (non-hydrogen) atoms. The van der Waals surface area contributed by atoms with Gasteiger partial charge in [-0.2, -0.15) is 0 Å². The van der Waals surface area contributed by atoms with Gasteiger partial charge in [-0.1, -0.05) is 17.7 Å². The van der Waals surface area contributed by atoms with Crippen LogP contribution in [0.5, 0.6) is 5.75 Å². The first-order chi connectivity index (χ1) is 12.5. The highest BCUT2D eigenvalue weighted by Crippen LogP contribution is 2.11. The number of benzene rings is 1. The van der Waals surface area contributed by atoms with Crippen LogP contribution in [-0.4, -0.2) is 70.3 Å². The number of ether oxygens (including phenoxy) is 2. The Balaban J connectivity index is 0.00000364. The van der Waals surface area contributed by atoms with Gasteiger partial charge in [0.25, 0.3) is 0 Å². The number of halogens is 1. The lowest BCUT2D eigenvalue weighted by Gasteiger charge is -2.16.